The second kappa shape index (κ2) is 6.02. The molecular formula is C14H14N6OS. The molecule has 0 radical (unpaired) electrons. The Labute approximate surface area is 131 Å². The number of hydrogen-bond donors (Lipinski definition) is 1. The molecule has 0 aliphatic carbocycles. The van der Waals surface area contributed by atoms with Crippen LogP contribution >= 0.6 is 11.5 Å². The molecule has 3 rings (SSSR count). The van der Waals surface area contributed by atoms with Gasteiger partial charge in [-0.3, -0.25) is 4.79 Å². The van der Waals surface area contributed by atoms with E-state index in [2.05, 4.69) is 24.8 Å². The minimum Gasteiger partial charge on any atom is -0.315 e. The zero-order valence-corrected chi connectivity index (χ0v) is 12.9. The van der Waals surface area contributed by atoms with E-state index in [1.165, 1.54) is 16.2 Å². The molecule has 0 atom stereocenters. The second-order valence-corrected chi connectivity index (χ2v) is 5.68. The van der Waals surface area contributed by atoms with Crippen LogP contribution in [0.25, 0.3) is 11.4 Å². The molecule has 3 heterocycles. The third-order valence-electron chi connectivity index (χ3n) is 2.89. The Bertz CT molecular complexity index is 779. The number of anilines is 2. The fourth-order valence-corrected chi connectivity index (χ4v) is 2.36. The van der Waals surface area contributed by atoms with E-state index in [1.807, 2.05) is 32.0 Å². The van der Waals surface area contributed by atoms with Gasteiger partial charge in [0, 0.05) is 29.8 Å². The number of nitrogens with zero attached hydrogens (tertiary/aromatic N) is 5. The van der Waals surface area contributed by atoms with Gasteiger partial charge >= 0.3 is 0 Å². The maximum absolute atomic E-state index is 11.9. The first-order valence-electron chi connectivity index (χ1n) is 6.74. The standard InChI is InChI=1S/C14H14N6OS/c1-9(2)13(21)20-8-10(7-16-20)12-18-14(22-19-12)17-11-5-3-4-6-15-11/h3-9H,1-2H3,(H,15,17,18,19). The van der Waals surface area contributed by atoms with Gasteiger partial charge in [-0.25, -0.2) is 9.67 Å². The van der Waals surface area contributed by atoms with Crippen molar-refractivity contribution in [3.05, 3.63) is 36.8 Å². The lowest BCUT2D eigenvalue weighted by Gasteiger charge is -2.01. The van der Waals surface area contributed by atoms with Gasteiger partial charge in [0.1, 0.15) is 5.82 Å². The number of rotatable bonds is 4. The van der Waals surface area contributed by atoms with Gasteiger partial charge in [-0.1, -0.05) is 19.9 Å². The van der Waals surface area contributed by atoms with Crippen LogP contribution in [-0.2, 0) is 0 Å². The maximum atomic E-state index is 11.9. The molecule has 0 aliphatic heterocycles. The number of pyridine rings is 1. The number of carbonyl (C=O) groups excluding carboxylic acids is 1. The van der Waals surface area contributed by atoms with Crippen LogP contribution in [0.1, 0.15) is 18.6 Å². The SMILES string of the molecule is CC(C)C(=O)n1cc(-c2nsc(Nc3ccccn3)n2)cn1. The fraction of sp³-hybridized carbons (Fsp3) is 0.214. The summed E-state index contributed by atoms with van der Waals surface area (Å²) in [5.74, 6) is 1.06. The van der Waals surface area contributed by atoms with Crippen LogP contribution in [0, 0.1) is 5.92 Å². The van der Waals surface area contributed by atoms with Crippen LogP contribution in [-0.4, -0.2) is 30.0 Å². The van der Waals surface area contributed by atoms with E-state index >= 15 is 0 Å². The minimum atomic E-state index is -0.113. The van der Waals surface area contributed by atoms with Crippen molar-refractivity contribution >= 4 is 28.4 Å². The van der Waals surface area contributed by atoms with Crippen molar-refractivity contribution in [2.45, 2.75) is 13.8 Å². The molecule has 0 aromatic carbocycles. The Morgan fingerprint density at radius 1 is 1.36 bits per heavy atom. The molecule has 0 aliphatic rings. The maximum Gasteiger partial charge on any atom is 0.249 e. The lowest BCUT2D eigenvalue weighted by molar-refractivity contribution is 0.0838. The van der Waals surface area contributed by atoms with Crippen LogP contribution in [0.5, 0.6) is 0 Å². The fourth-order valence-electron chi connectivity index (χ4n) is 1.76. The summed E-state index contributed by atoms with van der Waals surface area (Å²) in [4.78, 5) is 20.4. The molecule has 112 valence electrons. The predicted molar refractivity (Wildman–Crippen MR) is 84.1 cm³/mol. The van der Waals surface area contributed by atoms with E-state index in [0.29, 0.717) is 22.3 Å². The Kier molecular flexibility index (Phi) is 3.92. The van der Waals surface area contributed by atoms with Crippen molar-refractivity contribution in [2.24, 2.45) is 5.92 Å². The van der Waals surface area contributed by atoms with Crippen LogP contribution in [0.3, 0.4) is 0 Å². The predicted octanol–water partition coefficient (Wildman–Crippen LogP) is 2.84. The van der Waals surface area contributed by atoms with Crippen molar-refractivity contribution in [1.82, 2.24) is 24.1 Å². The van der Waals surface area contributed by atoms with Gasteiger partial charge in [0.2, 0.25) is 11.0 Å². The second-order valence-electron chi connectivity index (χ2n) is 4.93. The van der Waals surface area contributed by atoms with Gasteiger partial charge in [0.25, 0.3) is 0 Å². The van der Waals surface area contributed by atoms with Crippen LogP contribution < -0.4 is 5.32 Å². The number of carbonyl (C=O) groups is 1. The topological polar surface area (TPSA) is 85.6 Å². The lowest BCUT2D eigenvalue weighted by atomic mass is 10.2. The molecule has 0 saturated heterocycles. The third kappa shape index (κ3) is 3.01. The van der Waals surface area contributed by atoms with Gasteiger partial charge in [-0.2, -0.15) is 14.5 Å². The highest BCUT2D eigenvalue weighted by Crippen LogP contribution is 2.22. The van der Waals surface area contributed by atoms with Crippen molar-refractivity contribution in [1.29, 1.82) is 0 Å². The van der Waals surface area contributed by atoms with Gasteiger partial charge < -0.3 is 5.32 Å². The molecule has 0 fully saturated rings. The van der Waals surface area contributed by atoms with Crippen molar-refractivity contribution in [3.8, 4) is 11.4 Å². The number of hydrogen-bond acceptors (Lipinski definition) is 7. The zero-order valence-electron chi connectivity index (χ0n) is 12.1. The largest absolute Gasteiger partial charge is 0.315 e. The zero-order chi connectivity index (χ0) is 15.5. The number of aromatic nitrogens is 5. The van der Waals surface area contributed by atoms with Gasteiger partial charge in [0.05, 0.1) is 11.8 Å². The van der Waals surface area contributed by atoms with Crippen molar-refractivity contribution in [3.63, 3.8) is 0 Å². The highest BCUT2D eigenvalue weighted by Gasteiger charge is 2.14. The van der Waals surface area contributed by atoms with E-state index in [0.717, 1.165) is 0 Å². The normalized spacial score (nSPS) is 10.9. The molecule has 7 nitrogen and oxygen atoms in total. The summed E-state index contributed by atoms with van der Waals surface area (Å²) in [5, 5.41) is 7.78. The molecule has 3 aromatic rings. The van der Waals surface area contributed by atoms with E-state index in [-0.39, 0.29) is 11.8 Å². The molecule has 0 bridgehead atoms. The Morgan fingerprint density at radius 3 is 2.95 bits per heavy atom. The van der Waals surface area contributed by atoms with Gasteiger partial charge in [-0.15, -0.1) is 0 Å². The Balaban J connectivity index is 1.78. The van der Waals surface area contributed by atoms with E-state index < -0.39 is 0 Å². The van der Waals surface area contributed by atoms with Crippen LogP contribution in [0.2, 0.25) is 0 Å². The van der Waals surface area contributed by atoms with Gasteiger partial charge in [-0.05, 0) is 12.1 Å². The molecule has 0 spiro atoms. The summed E-state index contributed by atoms with van der Waals surface area (Å²) in [6.07, 6.45) is 4.94. The monoisotopic (exact) mass is 314 g/mol. The molecule has 0 amide bonds. The summed E-state index contributed by atoms with van der Waals surface area (Å²) in [6.45, 7) is 3.67. The molecule has 3 aromatic heterocycles. The number of nitrogens with one attached hydrogen (secondary N) is 1. The molecule has 8 heteroatoms. The average molecular weight is 314 g/mol. The Morgan fingerprint density at radius 2 is 2.23 bits per heavy atom. The average Bonchev–Trinajstić information content (AvgIpc) is 3.16. The molecule has 0 saturated carbocycles. The highest BCUT2D eigenvalue weighted by molar-refractivity contribution is 7.09. The third-order valence-corrected chi connectivity index (χ3v) is 3.52. The molecular weight excluding hydrogens is 300 g/mol. The van der Waals surface area contributed by atoms with Crippen molar-refractivity contribution in [2.75, 3.05) is 5.32 Å². The Hall–Kier alpha value is -2.61. The van der Waals surface area contributed by atoms with E-state index in [1.54, 1.807) is 18.6 Å². The molecule has 22 heavy (non-hydrogen) atoms. The van der Waals surface area contributed by atoms with E-state index in [9.17, 15) is 4.79 Å². The van der Waals surface area contributed by atoms with Crippen LogP contribution in [0.4, 0.5) is 10.9 Å². The smallest absolute Gasteiger partial charge is 0.249 e. The van der Waals surface area contributed by atoms with Crippen LogP contribution in [0.15, 0.2) is 36.8 Å². The van der Waals surface area contributed by atoms with Crippen molar-refractivity contribution < 1.29 is 4.79 Å². The summed E-state index contributed by atoms with van der Waals surface area (Å²) in [7, 11) is 0. The quantitative estimate of drug-likeness (QED) is 0.797. The first-order valence-corrected chi connectivity index (χ1v) is 7.52. The summed E-state index contributed by atoms with van der Waals surface area (Å²) >= 11 is 1.23. The van der Waals surface area contributed by atoms with E-state index in [4.69, 9.17) is 0 Å². The first kappa shape index (κ1) is 14.3. The first-order chi connectivity index (χ1) is 10.6. The van der Waals surface area contributed by atoms with Gasteiger partial charge in [0.15, 0.2) is 5.82 Å². The molecule has 0 unspecified atom stereocenters. The molecule has 1 N–H and O–H groups in total. The summed E-state index contributed by atoms with van der Waals surface area (Å²) in [5.41, 5.74) is 0.708. The minimum absolute atomic E-state index is 0.0617. The lowest BCUT2D eigenvalue weighted by Crippen LogP contribution is -2.17. The summed E-state index contributed by atoms with van der Waals surface area (Å²) in [6, 6.07) is 5.58. The summed E-state index contributed by atoms with van der Waals surface area (Å²) < 4.78 is 5.60. The highest BCUT2D eigenvalue weighted by atomic mass is 32.1.